The van der Waals surface area contributed by atoms with Gasteiger partial charge in [0.15, 0.2) is 0 Å². The van der Waals surface area contributed by atoms with E-state index in [2.05, 4.69) is 0 Å². The van der Waals surface area contributed by atoms with Gasteiger partial charge in [0, 0.05) is 19.1 Å². The van der Waals surface area contributed by atoms with Crippen molar-refractivity contribution < 1.29 is 14.3 Å². The number of hydrogen-bond acceptors (Lipinski definition) is 3. The van der Waals surface area contributed by atoms with Crippen LogP contribution in [0.4, 0.5) is 4.79 Å². The van der Waals surface area contributed by atoms with Crippen LogP contribution in [0, 0.1) is 5.92 Å². The van der Waals surface area contributed by atoms with Gasteiger partial charge in [0.25, 0.3) is 0 Å². The molecule has 2 heterocycles. The van der Waals surface area contributed by atoms with E-state index >= 15 is 0 Å². The smallest absolute Gasteiger partial charge is 0.320 e. The molecule has 17 heavy (non-hydrogen) atoms. The minimum absolute atomic E-state index is 0.00565. The fourth-order valence-corrected chi connectivity index (χ4v) is 2.82. The molecule has 2 rings (SSSR count). The summed E-state index contributed by atoms with van der Waals surface area (Å²) in [5, 5.41) is 0. The number of fused-ring (bicyclic) bond motifs is 1. The second-order valence-corrected chi connectivity index (χ2v) is 5.06. The first-order chi connectivity index (χ1) is 8.06. The highest BCUT2D eigenvalue weighted by Crippen LogP contribution is 2.31. The molecule has 0 bridgehead atoms. The molecule has 96 valence electrons. The molecule has 2 aliphatic heterocycles. The van der Waals surface area contributed by atoms with Gasteiger partial charge >= 0.3 is 12.0 Å². The first-order valence-electron chi connectivity index (χ1n) is 6.21. The number of piperidine rings is 1. The van der Waals surface area contributed by atoms with Crippen molar-refractivity contribution in [3.8, 4) is 0 Å². The molecular formula is C12H20N2O3. The number of ether oxygens (including phenoxy) is 1. The van der Waals surface area contributed by atoms with E-state index in [1.165, 1.54) is 7.11 Å². The van der Waals surface area contributed by atoms with Crippen molar-refractivity contribution in [1.29, 1.82) is 0 Å². The summed E-state index contributed by atoms with van der Waals surface area (Å²) in [4.78, 5) is 27.5. The highest BCUT2D eigenvalue weighted by molar-refractivity contribution is 5.81. The summed E-state index contributed by atoms with van der Waals surface area (Å²) in [6.07, 6.45) is 1.71. The molecule has 0 spiro atoms. The van der Waals surface area contributed by atoms with Gasteiger partial charge < -0.3 is 14.5 Å². The van der Waals surface area contributed by atoms with Crippen LogP contribution >= 0.6 is 0 Å². The molecule has 5 heteroatoms. The lowest BCUT2D eigenvalue weighted by molar-refractivity contribution is -0.148. The SMILES string of the molecule is COC(=O)C1CCCN2C(=O)N(C(C)C)CC12. The standard InChI is InChI=1S/C12H20N2O3/c1-8(2)14-7-10-9(11(15)17-3)5-4-6-13(10)12(14)16/h8-10H,4-7H2,1-3H3. The van der Waals surface area contributed by atoms with Crippen molar-refractivity contribution in [1.82, 2.24) is 9.80 Å². The van der Waals surface area contributed by atoms with Crippen molar-refractivity contribution in [2.75, 3.05) is 20.2 Å². The van der Waals surface area contributed by atoms with E-state index in [4.69, 9.17) is 4.74 Å². The van der Waals surface area contributed by atoms with Crippen LogP contribution in [-0.2, 0) is 9.53 Å². The average molecular weight is 240 g/mol. The number of urea groups is 1. The topological polar surface area (TPSA) is 49.9 Å². The van der Waals surface area contributed by atoms with Crippen LogP contribution < -0.4 is 0 Å². The minimum Gasteiger partial charge on any atom is -0.469 e. The van der Waals surface area contributed by atoms with Crippen LogP contribution in [0.5, 0.6) is 0 Å². The van der Waals surface area contributed by atoms with E-state index < -0.39 is 0 Å². The Hall–Kier alpha value is -1.26. The van der Waals surface area contributed by atoms with Gasteiger partial charge in [-0.05, 0) is 26.7 Å². The van der Waals surface area contributed by atoms with E-state index in [9.17, 15) is 9.59 Å². The second kappa shape index (κ2) is 4.55. The predicted octanol–water partition coefficient (Wildman–Crippen LogP) is 1.08. The predicted molar refractivity (Wildman–Crippen MR) is 62.5 cm³/mol. The Kier molecular flexibility index (Phi) is 3.26. The van der Waals surface area contributed by atoms with Gasteiger partial charge in [0.05, 0.1) is 19.1 Å². The lowest BCUT2D eigenvalue weighted by Gasteiger charge is -2.33. The molecule has 0 N–H and O–H groups in total. The fourth-order valence-electron chi connectivity index (χ4n) is 2.82. The van der Waals surface area contributed by atoms with Crippen molar-refractivity contribution in [3.05, 3.63) is 0 Å². The number of carbonyl (C=O) groups is 2. The van der Waals surface area contributed by atoms with E-state index in [0.717, 1.165) is 19.4 Å². The number of carbonyl (C=O) groups excluding carboxylic acids is 2. The van der Waals surface area contributed by atoms with Crippen LogP contribution in [0.25, 0.3) is 0 Å². The van der Waals surface area contributed by atoms with Gasteiger partial charge in [-0.2, -0.15) is 0 Å². The quantitative estimate of drug-likeness (QED) is 0.679. The summed E-state index contributed by atoms with van der Waals surface area (Å²) in [6.45, 7) is 5.42. The Morgan fingerprint density at radius 3 is 2.76 bits per heavy atom. The van der Waals surface area contributed by atoms with Crippen molar-refractivity contribution in [2.24, 2.45) is 5.92 Å². The third kappa shape index (κ3) is 1.98. The molecule has 0 radical (unpaired) electrons. The molecule has 0 aromatic rings. The molecule has 2 fully saturated rings. The maximum Gasteiger partial charge on any atom is 0.320 e. The Morgan fingerprint density at radius 1 is 1.47 bits per heavy atom. The molecule has 0 aliphatic carbocycles. The maximum atomic E-state index is 12.1. The average Bonchev–Trinajstić information content (AvgIpc) is 2.66. The Morgan fingerprint density at radius 2 is 2.18 bits per heavy atom. The summed E-state index contributed by atoms with van der Waals surface area (Å²) in [5.74, 6) is -0.334. The molecule has 2 unspecified atom stereocenters. The van der Waals surface area contributed by atoms with Gasteiger partial charge in [-0.25, -0.2) is 4.79 Å². The molecule has 2 amide bonds. The third-order valence-corrected chi connectivity index (χ3v) is 3.78. The van der Waals surface area contributed by atoms with Gasteiger partial charge in [-0.15, -0.1) is 0 Å². The van der Waals surface area contributed by atoms with Gasteiger partial charge in [0.1, 0.15) is 0 Å². The molecule has 0 aromatic carbocycles. The summed E-state index contributed by atoms with van der Waals surface area (Å²) in [6, 6.07) is 0.260. The molecular weight excluding hydrogens is 220 g/mol. The zero-order chi connectivity index (χ0) is 12.6. The van der Waals surface area contributed by atoms with E-state index in [-0.39, 0.29) is 30.0 Å². The zero-order valence-electron chi connectivity index (χ0n) is 10.7. The van der Waals surface area contributed by atoms with Gasteiger partial charge in [0.2, 0.25) is 0 Å². The number of rotatable bonds is 2. The van der Waals surface area contributed by atoms with E-state index in [1.54, 1.807) is 0 Å². The van der Waals surface area contributed by atoms with Crippen LogP contribution in [0.15, 0.2) is 0 Å². The van der Waals surface area contributed by atoms with Crippen molar-refractivity contribution in [2.45, 2.75) is 38.8 Å². The van der Waals surface area contributed by atoms with E-state index in [1.807, 2.05) is 23.6 Å². The molecule has 5 nitrogen and oxygen atoms in total. The number of hydrogen-bond donors (Lipinski definition) is 0. The maximum absolute atomic E-state index is 12.1. The summed E-state index contributed by atoms with van der Waals surface area (Å²) in [7, 11) is 1.41. The summed E-state index contributed by atoms with van der Waals surface area (Å²) in [5.41, 5.74) is 0. The molecule has 2 atom stereocenters. The number of amides is 2. The number of methoxy groups -OCH3 is 1. The molecule has 0 saturated carbocycles. The molecule has 2 aliphatic rings. The molecule has 0 aromatic heterocycles. The van der Waals surface area contributed by atoms with Crippen LogP contribution in [0.3, 0.4) is 0 Å². The fraction of sp³-hybridized carbons (Fsp3) is 0.833. The Bertz CT molecular complexity index is 330. The van der Waals surface area contributed by atoms with Gasteiger partial charge in [-0.1, -0.05) is 0 Å². The lowest BCUT2D eigenvalue weighted by Crippen LogP contribution is -2.46. The minimum atomic E-state index is -0.182. The zero-order valence-corrected chi connectivity index (χ0v) is 10.7. The van der Waals surface area contributed by atoms with Crippen LogP contribution in [0.2, 0.25) is 0 Å². The second-order valence-electron chi connectivity index (χ2n) is 5.06. The highest BCUT2D eigenvalue weighted by atomic mass is 16.5. The first kappa shape index (κ1) is 12.2. The number of esters is 1. The lowest BCUT2D eigenvalue weighted by atomic mass is 9.90. The molecule has 2 saturated heterocycles. The monoisotopic (exact) mass is 240 g/mol. The third-order valence-electron chi connectivity index (χ3n) is 3.78. The Labute approximate surface area is 102 Å². The van der Waals surface area contributed by atoms with Crippen LogP contribution in [-0.4, -0.2) is 54.1 Å². The van der Waals surface area contributed by atoms with Crippen molar-refractivity contribution in [3.63, 3.8) is 0 Å². The largest absolute Gasteiger partial charge is 0.469 e. The first-order valence-corrected chi connectivity index (χ1v) is 6.21. The van der Waals surface area contributed by atoms with Crippen LogP contribution in [0.1, 0.15) is 26.7 Å². The van der Waals surface area contributed by atoms with E-state index in [0.29, 0.717) is 6.54 Å². The normalized spacial score (nSPS) is 28.6. The Balaban J connectivity index is 2.17. The highest BCUT2D eigenvalue weighted by Gasteiger charge is 2.46. The van der Waals surface area contributed by atoms with Crippen molar-refractivity contribution >= 4 is 12.0 Å². The summed E-state index contributed by atoms with van der Waals surface area (Å²) < 4.78 is 4.83. The number of nitrogens with zero attached hydrogens (tertiary/aromatic N) is 2. The van der Waals surface area contributed by atoms with Gasteiger partial charge in [-0.3, -0.25) is 4.79 Å². The summed E-state index contributed by atoms with van der Waals surface area (Å²) >= 11 is 0.